The Kier molecular flexibility index (Phi) is 12.5. The lowest BCUT2D eigenvalue weighted by atomic mass is 10.0. The van der Waals surface area contributed by atoms with Gasteiger partial charge in [0.25, 0.3) is 0 Å². The van der Waals surface area contributed by atoms with Gasteiger partial charge in [0, 0.05) is 24.3 Å². The first kappa shape index (κ1) is 31.1. The van der Waals surface area contributed by atoms with Gasteiger partial charge in [-0.25, -0.2) is 0 Å². The molecule has 0 radical (unpaired) electrons. The number of carboxylic acids is 1. The molecule has 15 nitrogen and oxygen atoms in total. The first-order valence-electron chi connectivity index (χ1n) is 12.3. The highest BCUT2D eigenvalue weighted by Gasteiger charge is 2.36. The Hall–Kier alpha value is -5.09. The van der Waals surface area contributed by atoms with E-state index in [1.807, 2.05) is 0 Å². The van der Waals surface area contributed by atoms with Crippen LogP contribution in [-0.2, 0) is 35.2 Å². The summed E-state index contributed by atoms with van der Waals surface area (Å²) in [7, 11) is 0. The van der Waals surface area contributed by atoms with Crippen molar-refractivity contribution in [1.29, 1.82) is 0 Å². The molecule has 2 rings (SSSR count). The number of nitrogens with zero attached hydrogens (tertiary/aromatic N) is 4. The highest BCUT2D eigenvalue weighted by Crippen LogP contribution is 2.18. The summed E-state index contributed by atoms with van der Waals surface area (Å²) in [5.41, 5.74) is 8.99. The van der Waals surface area contributed by atoms with Gasteiger partial charge in [0.2, 0.25) is 29.5 Å². The van der Waals surface area contributed by atoms with E-state index in [1.165, 1.54) is 4.90 Å². The van der Waals surface area contributed by atoms with E-state index in [9.17, 15) is 28.8 Å². The number of rotatable bonds is 14. The average Bonchev–Trinajstić information content (AvgIpc) is 3.43. The number of carbonyl (C=O) groups is 6. The lowest BCUT2D eigenvalue weighted by Crippen LogP contribution is -2.57. The van der Waals surface area contributed by atoms with E-state index in [1.54, 1.807) is 30.3 Å². The molecule has 1 aromatic rings. The third kappa shape index (κ3) is 9.99. The Morgan fingerprint density at radius 3 is 2.45 bits per heavy atom. The molecule has 5 amide bonds. The molecule has 0 aliphatic carbocycles. The van der Waals surface area contributed by atoms with Crippen molar-refractivity contribution < 1.29 is 33.9 Å². The van der Waals surface area contributed by atoms with Crippen LogP contribution < -0.4 is 21.3 Å². The first-order chi connectivity index (χ1) is 19.2. The Morgan fingerprint density at radius 1 is 1.07 bits per heavy atom. The van der Waals surface area contributed by atoms with Crippen molar-refractivity contribution in [2.75, 3.05) is 26.2 Å². The molecule has 212 valence electrons. The van der Waals surface area contributed by atoms with Gasteiger partial charge in [0.05, 0.1) is 6.54 Å². The highest BCUT2D eigenvalue weighted by atomic mass is 16.4. The fourth-order valence-corrected chi connectivity index (χ4v) is 3.98. The van der Waals surface area contributed by atoms with Crippen molar-refractivity contribution in [3.05, 3.63) is 46.3 Å². The predicted octanol–water partition coefficient (Wildman–Crippen LogP) is -1.16. The van der Waals surface area contributed by atoms with Crippen molar-refractivity contribution >= 4 is 35.5 Å². The lowest BCUT2D eigenvalue weighted by molar-refractivity contribution is -0.140. The van der Waals surface area contributed by atoms with Gasteiger partial charge in [-0.15, -0.1) is 12.3 Å². The third-order valence-electron chi connectivity index (χ3n) is 5.87. The van der Waals surface area contributed by atoms with Crippen LogP contribution in [-0.4, -0.2) is 89.8 Å². The summed E-state index contributed by atoms with van der Waals surface area (Å²) in [5.74, 6) is -2.34. The van der Waals surface area contributed by atoms with Crippen LogP contribution in [0, 0.1) is 12.3 Å². The monoisotopic (exact) mass is 554 g/mol. The van der Waals surface area contributed by atoms with E-state index in [0.717, 1.165) is 0 Å². The maximum atomic E-state index is 13.3. The van der Waals surface area contributed by atoms with Crippen molar-refractivity contribution in [2.45, 2.75) is 43.8 Å². The van der Waals surface area contributed by atoms with Crippen LogP contribution in [0.5, 0.6) is 0 Å². The molecule has 0 saturated carbocycles. The Labute approximate surface area is 229 Å². The van der Waals surface area contributed by atoms with Crippen LogP contribution in [0.3, 0.4) is 0 Å². The van der Waals surface area contributed by atoms with Gasteiger partial charge in [-0.2, -0.15) is 0 Å². The van der Waals surface area contributed by atoms with Gasteiger partial charge < -0.3 is 31.3 Å². The fourth-order valence-electron chi connectivity index (χ4n) is 3.98. The van der Waals surface area contributed by atoms with Crippen LogP contribution >= 0.6 is 0 Å². The lowest BCUT2D eigenvalue weighted by Gasteiger charge is -2.27. The standard InChI is InChI=1S/C25H30N8O7/c1-2-7-17(23(38)28-15-22(36)37)30-24(39)18(12-16-8-4-3-5-9-16)31-25(40)19-10-6-11-33(19)21(35)14-27-20(34)13-29-32-26/h1,3-5,8-9,17-19H,6-7,10-15H2,(H,27,34)(H,28,38)(H,30,39)(H,31,40)(H,36,37). The summed E-state index contributed by atoms with van der Waals surface area (Å²) in [6.07, 6.45) is 5.98. The molecule has 3 unspecified atom stereocenters. The largest absolute Gasteiger partial charge is 0.480 e. The number of nitrogens with one attached hydrogen (secondary N) is 4. The predicted molar refractivity (Wildman–Crippen MR) is 140 cm³/mol. The van der Waals surface area contributed by atoms with Crippen molar-refractivity contribution in [1.82, 2.24) is 26.2 Å². The summed E-state index contributed by atoms with van der Waals surface area (Å²) < 4.78 is 0. The molecule has 1 aliphatic heterocycles. The molecule has 1 heterocycles. The molecule has 0 spiro atoms. The summed E-state index contributed by atoms with van der Waals surface area (Å²) in [6.45, 7) is -1.29. The summed E-state index contributed by atoms with van der Waals surface area (Å²) in [4.78, 5) is 77.8. The number of benzene rings is 1. The second kappa shape index (κ2) is 16.0. The van der Waals surface area contributed by atoms with E-state index in [2.05, 4.69) is 37.2 Å². The molecule has 3 atom stereocenters. The average molecular weight is 555 g/mol. The Balaban J connectivity index is 2.14. The number of terminal acetylenes is 1. The van der Waals surface area contributed by atoms with Crippen LogP contribution in [0.25, 0.3) is 10.4 Å². The number of likely N-dealkylation sites (tertiary alicyclic amines) is 1. The minimum Gasteiger partial charge on any atom is -0.480 e. The van der Waals surface area contributed by atoms with Gasteiger partial charge in [-0.1, -0.05) is 35.4 Å². The normalized spacial score (nSPS) is 15.4. The molecule has 5 N–H and O–H groups in total. The van der Waals surface area contributed by atoms with Crippen LogP contribution in [0.4, 0.5) is 0 Å². The van der Waals surface area contributed by atoms with Gasteiger partial charge in [-0.05, 0) is 23.9 Å². The van der Waals surface area contributed by atoms with E-state index in [4.69, 9.17) is 17.1 Å². The fraction of sp³-hybridized carbons (Fsp3) is 0.440. The summed E-state index contributed by atoms with van der Waals surface area (Å²) in [6, 6.07) is 5.45. The Bertz CT molecular complexity index is 1190. The molecule has 1 fully saturated rings. The van der Waals surface area contributed by atoms with Crippen molar-refractivity contribution in [2.24, 2.45) is 5.11 Å². The molecular weight excluding hydrogens is 524 g/mol. The number of azide groups is 1. The molecule has 1 saturated heterocycles. The van der Waals surface area contributed by atoms with Crippen molar-refractivity contribution in [3.63, 3.8) is 0 Å². The molecule has 15 heteroatoms. The zero-order chi connectivity index (χ0) is 29.5. The SMILES string of the molecule is C#CCC(NC(=O)C(Cc1ccccc1)NC(=O)C1CCCN1C(=O)CNC(=O)CN=[N+]=[N-])C(=O)NCC(=O)O. The molecule has 1 aromatic carbocycles. The third-order valence-corrected chi connectivity index (χ3v) is 5.87. The van der Waals surface area contributed by atoms with Crippen LogP contribution in [0.1, 0.15) is 24.8 Å². The molecular formula is C25H30N8O7. The van der Waals surface area contributed by atoms with Gasteiger partial charge in [0.15, 0.2) is 0 Å². The van der Waals surface area contributed by atoms with E-state index in [0.29, 0.717) is 18.4 Å². The minimum absolute atomic E-state index is 0.0497. The molecule has 0 aromatic heterocycles. The maximum absolute atomic E-state index is 13.3. The van der Waals surface area contributed by atoms with Gasteiger partial charge in [-0.3, -0.25) is 28.8 Å². The number of aliphatic carboxylic acids is 1. The maximum Gasteiger partial charge on any atom is 0.322 e. The second-order valence-corrected chi connectivity index (χ2v) is 8.74. The zero-order valence-electron chi connectivity index (χ0n) is 21.5. The smallest absolute Gasteiger partial charge is 0.322 e. The van der Waals surface area contributed by atoms with E-state index in [-0.39, 0.29) is 19.4 Å². The van der Waals surface area contributed by atoms with Gasteiger partial charge in [0.1, 0.15) is 31.2 Å². The van der Waals surface area contributed by atoms with Gasteiger partial charge >= 0.3 is 5.97 Å². The zero-order valence-corrected chi connectivity index (χ0v) is 21.5. The molecule has 0 bridgehead atoms. The number of carboxylic acid groups (broad SMARTS) is 1. The van der Waals surface area contributed by atoms with Crippen molar-refractivity contribution in [3.8, 4) is 12.3 Å². The quantitative estimate of drug-likeness (QED) is 0.0820. The minimum atomic E-state index is -1.28. The second-order valence-electron chi connectivity index (χ2n) is 8.74. The van der Waals surface area contributed by atoms with E-state index >= 15 is 0 Å². The molecule has 1 aliphatic rings. The number of amides is 5. The summed E-state index contributed by atoms with van der Waals surface area (Å²) >= 11 is 0. The van der Waals surface area contributed by atoms with Crippen LogP contribution in [0.15, 0.2) is 35.4 Å². The van der Waals surface area contributed by atoms with E-state index < -0.39 is 73.3 Å². The number of hydrogen-bond acceptors (Lipinski definition) is 7. The number of hydrogen-bond donors (Lipinski definition) is 5. The highest BCUT2D eigenvalue weighted by molar-refractivity contribution is 5.95. The first-order valence-corrected chi connectivity index (χ1v) is 12.3. The topological polar surface area (TPSA) is 223 Å². The number of carbonyl (C=O) groups excluding carboxylic acids is 5. The summed E-state index contributed by atoms with van der Waals surface area (Å²) in [5, 5.41) is 21.5. The Morgan fingerprint density at radius 2 is 1.80 bits per heavy atom. The van der Waals surface area contributed by atoms with Crippen LogP contribution in [0.2, 0.25) is 0 Å². The molecule has 40 heavy (non-hydrogen) atoms.